The summed E-state index contributed by atoms with van der Waals surface area (Å²) >= 11 is 0. The van der Waals surface area contributed by atoms with Gasteiger partial charge in [-0.3, -0.25) is 4.79 Å². The molecule has 6 nitrogen and oxygen atoms in total. The van der Waals surface area contributed by atoms with Crippen LogP contribution in [-0.2, 0) is 13.0 Å². The molecular formula is C19H19N5O. The third-order valence-corrected chi connectivity index (χ3v) is 4.37. The van der Waals surface area contributed by atoms with Crippen molar-refractivity contribution in [2.75, 3.05) is 5.32 Å². The highest BCUT2D eigenvalue weighted by Crippen LogP contribution is 2.22. The second-order valence-electron chi connectivity index (χ2n) is 6.13. The van der Waals surface area contributed by atoms with Gasteiger partial charge in [0.05, 0.1) is 0 Å². The van der Waals surface area contributed by atoms with Crippen molar-refractivity contribution in [3.05, 3.63) is 59.9 Å². The van der Waals surface area contributed by atoms with E-state index in [1.54, 1.807) is 18.2 Å². The van der Waals surface area contributed by atoms with Gasteiger partial charge in [0.2, 0.25) is 0 Å². The molecule has 1 aliphatic rings. The molecule has 0 unspecified atom stereocenters. The summed E-state index contributed by atoms with van der Waals surface area (Å²) in [5.41, 5.74) is 1.33. The molecule has 0 saturated heterocycles. The quantitative estimate of drug-likeness (QED) is 0.798. The highest BCUT2D eigenvalue weighted by molar-refractivity contribution is 6.03. The molecule has 1 amide bonds. The lowest BCUT2D eigenvalue weighted by Gasteiger charge is -2.08. The van der Waals surface area contributed by atoms with Crippen LogP contribution in [0, 0.1) is 0 Å². The minimum Gasteiger partial charge on any atom is -0.310 e. The van der Waals surface area contributed by atoms with Crippen LogP contribution < -0.4 is 5.32 Å². The number of amides is 1. The van der Waals surface area contributed by atoms with Gasteiger partial charge in [-0.1, -0.05) is 30.7 Å². The number of aryl methyl sites for hydroxylation is 1. The molecule has 126 valence electrons. The van der Waals surface area contributed by atoms with E-state index in [-0.39, 0.29) is 5.91 Å². The molecule has 0 aliphatic carbocycles. The minimum absolute atomic E-state index is 0.176. The van der Waals surface area contributed by atoms with Crippen LogP contribution in [0.3, 0.4) is 0 Å². The normalized spacial score (nSPS) is 13.8. The first-order chi connectivity index (χ1) is 12.3. The van der Waals surface area contributed by atoms with E-state index in [9.17, 15) is 4.79 Å². The molecule has 0 spiro atoms. The van der Waals surface area contributed by atoms with Crippen molar-refractivity contribution in [2.24, 2.45) is 0 Å². The Kier molecular flexibility index (Phi) is 4.24. The van der Waals surface area contributed by atoms with Gasteiger partial charge in [0, 0.05) is 18.5 Å². The fourth-order valence-electron chi connectivity index (χ4n) is 3.08. The fourth-order valence-corrected chi connectivity index (χ4v) is 3.08. The zero-order chi connectivity index (χ0) is 17.1. The van der Waals surface area contributed by atoms with E-state index in [2.05, 4.69) is 25.1 Å². The first kappa shape index (κ1) is 15.5. The summed E-state index contributed by atoms with van der Waals surface area (Å²) in [6.07, 6.45) is 4.45. The molecule has 2 aromatic heterocycles. The SMILES string of the molecule is O=C(Nc1cccc(-c2nnc3n2CCCCC3)n1)c1ccccc1. The average Bonchev–Trinajstić information content (AvgIpc) is 2.91. The number of anilines is 1. The van der Waals surface area contributed by atoms with Crippen molar-refractivity contribution in [2.45, 2.75) is 32.2 Å². The topological polar surface area (TPSA) is 72.7 Å². The predicted molar refractivity (Wildman–Crippen MR) is 95.2 cm³/mol. The molecule has 25 heavy (non-hydrogen) atoms. The Labute approximate surface area is 145 Å². The zero-order valence-electron chi connectivity index (χ0n) is 13.9. The van der Waals surface area contributed by atoms with Gasteiger partial charge in [-0.15, -0.1) is 10.2 Å². The van der Waals surface area contributed by atoms with Crippen LogP contribution in [0.4, 0.5) is 5.82 Å². The van der Waals surface area contributed by atoms with Gasteiger partial charge < -0.3 is 9.88 Å². The number of fused-ring (bicyclic) bond motifs is 1. The Morgan fingerprint density at radius 1 is 0.960 bits per heavy atom. The molecule has 1 aromatic carbocycles. The second kappa shape index (κ2) is 6.84. The lowest BCUT2D eigenvalue weighted by Crippen LogP contribution is -2.13. The summed E-state index contributed by atoms with van der Waals surface area (Å²) in [4.78, 5) is 16.9. The van der Waals surface area contributed by atoms with E-state index < -0.39 is 0 Å². The van der Waals surface area contributed by atoms with E-state index in [0.29, 0.717) is 11.4 Å². The van der Waals surface area contributed by atoms with Crippen molar-refractivity contribution >= 4 is 11.7 Å². The maximum Gasteiger partial charge on any atom is 0.256 e. The Morgan fingerprint density at radius 3 is 2.72 bits per heavy atom. The maximum atomic E-state index is 12.3. The Bertz CT molecular complexity index is 888. The number of aromatic nitrogens is 4. The Balaban J connectivity index is 1.60. The van der Waals surface area contributed by atoms with Crippen molar-refractivity contribution in [1.82, 2.24) is 19.7 Å². The van der Waals surface area contributed by atoms with E-state index in [0.717, 1.165) is 43.1 Å². The molecule has 6 heteroatoms. The van der Waals surface area contributed by atoms with Crippen LogP contribution in [0.1, 0.15) is 35.4 Å². The zero-order valence-corrected chi connectivity index (χ0v) is 13.9. The highest BCUT2D eigenvalue weighted by Gasteiger charge is 2.17. The smallest absolute Gasteiger partial charge is 0.256 e. The number of carbonyl (C=O) groups is 1. The van der Waals surface area contributed by atoms with Gasteiger partial charge in [0.25, 0.3) is 5.91 Å². The van der Waals surface area contributed by atoms with Gasteiger partial charge in [-0.05, 0) is 37.1 Å². The van der Waals surface area contributed by atoms with E-state index in [4.69, 9.17) is 0 Å². The number of carbonyl (C=O) groups excluding carboxylic acids is 1. The second-order valence-corrected chi connectivity index (χ2v) is 6.13. The van der Waals surface area contributed by atoms with E-state index in [1.807, 2.05) is 30.3 Å². The lowest BCUT2D eigenvalue weighted by atomic mass is 10.2. The Hall–Kier alpha value is -3.02. The van der Waals surface area contributed by atoms with E-state index >= 15 is 0 Å². The Morgan fingerprint density at radius 2 is 1.84 bits per heavy atom. The highest BCUT2D eigenvalue weighted by atomic mass is 16.1. The molecule has 3 heterocycles. The number of nitrogens with one attached hydrogen (secondary N) is 1. The molecule has 3 aromatic rings. The third-order valence-electron chi connectivity index (χ3n) is 4.37. The monoisotopic (exact) mass is 333 g/mol. The molecule has 4 rings (SSSR count). The number of rotatable bonds is 3. The molecule has 0 fully saturated rings. The summed E-state index contributed by atoms with van der Waals surface area (Å²) in [5.74, 6) is 2.13. The molecular weight excluding hydrogens is 314 g/mol. The maximum absolute atomic E-state index is 12.3. The summed E-state index contributed by atoms with van der Waals surface area (Å²) in [5, 5.41) is 11.5. The van der Waals surface area contributed by atoms with Crippen LogP contribution in [-0.4, -0.2) is 25.7 Å². The van der Waals surface area contributed by atoms with Gasteiger partial charge in [-0.25, -0.2) is 4.98 Å². The first-order valence-electron chi connectivity index (χ1n) is 8.57. The predicted octanol–water partition coefficient (Wildman–Crippen LogP) is 3.32. The standard InChI is InChI=1S/C19H19N5O/c25-19(14-8-3-1-4-9-14)21-16-11-7-10-15(20-16)18-23-22-17-12-5-2-6-13-24(17)18/h1,3-4,7-11H,2,5-6,12-13H2,(H,20,21,25). The molecule has 0 radical (unpaired) electrons. The van der Waals surface area contributed by atoms with Crippen molar-refractivity contribution in [1.29, 1.82) is 0 Å². The lowest BCUT2D eigenvalue weighted by molar-refractivity contribution is 0.102. The summed E-state index contributed by atoms with van der Waals surface area (Å²) in [7, 11) is 0. The van der Waals surface area contributed by atoms with Gasteiger partial charge >= 0.3 is 0 Å². The van der Waals surface area contributed by atoms with Gasteiger partial charge in [-0.2, -0.15) is 0 Å². The summed E-state index contributed by atoms with van der Waals surface area (Å²) in [6, 6.07) is 14.7. The molecule has 1 N–H and O–H groups in total. The number of hydrogen-bond donors (Lipinski definition) is 1. The molecule has 1 aliphatic heterocycles. The van der Waals surface area contributed by atoms with E-state index in [1.165, 1.54) is 6.42 Å². The number of nitrogens with zero attached hydrogens (tertiary/aromatic N) is 4. The summed E-state index contributed by atoms with van der Waals surface area (Å²) in [6.45, 7) is 0.917. The van der Waals surface area contributed by atoms with Crippen LogP contribution in [0.2, 0.25) is 0 Å². The minimum atomic E-state index is -0.176. The van der Waals surface area contributed by atoms with Gasteiger partial charge in [0.15, 0.2) is 5.82 Å². The third kappa shape index (κ3) is 3.28. The van der Waals surface area contributed by atoms with Gasteiger partial charge in [0.1, 0.15) is 17.3 Å². The van der Waals surface area contributed by atoms with Crippen LogP contribution in [0.25, 0.3) is 11.5 Å². The van der Waals surface area contributed by atoms with Crippen molar-refractivity contribution in [3.63, 3.8) is 0 Å². The van der Waals surface area contributed by atoms with Crippen LogP contribution in [0.15, 0.2) is 48.5 Å². The van der Waals surface area contributed by atoms with Crippen molar-refractivity contribution < 1.29 is 4.79 Å². The molecule has 0 atom stereocenters. The number of pyridine rings is 1. The average molecular weight is 333 g/mol. The van der Waals surface area contributed by atoms with Crippen molar-refractivity contribution in [3.8, 4) is 11.5 Å². The summed E-state index contributed by atoms with van der Waals surface area (Å²) < 4.78 is 2.15. The number of benzene rings is 1. The first-order valence-corrected chi connectivity index (χ1v) is 8.57. The molecule has 0 saturated carbocycles. The fraction of sp³-hybridized carbons (Fsp3) is 0.263. The number of hydrogen-bond acceptors (Lipinski definition) is 4. The van der Waals surface area contributed by atoms with Crippen LogP contribution in [0.5, 0.6) is 0 Å². The molecule has 0 bridgehead atoms. The largest absolute Gasteiger partial charge is 0.310 e. The van der Waals surface area contributed by atoms with Crippen LogP contribution >= 0.6 is 0 Å².